The predicted octanol–water partition coefficient (Wildman–Crippen LogP) is 8.89. The Bertz CT molecular complexity index is 1350. The molecule has 3 aromatic rings. The molecule has 1 radical (unpaired) electrons. The Morgan fingerprint density at radius 1 is 0.951 bits per heavy atom. The standard InChI is InChI=1S/C22H20N3.C13H24O2.Ir/c1-13-6-14(2)8-19(7-13)22-17(5)25-20(12-24-22)21-15(3)9-18(11-23)10-16(21)4;1-5-10(6-2)12(14)9-13(15)11(7-3)8-4;/h6-7,9-10,12H,1-5H3;9-11,14H,5-8H2,1-4H3;/q-1;;/b;12-9-;. The van der Waals surface area contributed by atoms with Crippen molar-refractivity contribution in [2.45, 2.75) is 88.0 Å². The summed E-state index contributed by atoms with van der Waals surface area (Å²) in [5.41, 5.74) is 9.63. The summed E-state index contributed by atoms with van der Waals surface area (Å²) in [6.45, 7) is 18.2. The summed E-state index contributed by atoms with van der Waals surface area (Å²) >= 11 is 0. The first kappa shape index (κ1) is 35.9. The fourth-order valence-corrected chi connectivity index (χ4v) is 5.10. The van der Waals surface area contributed by atoms with Crippen molar-refractivity contribution < 1.29 is 30.0 Å². The summed E-state index contributed by atoms with van der Waals surface area (Å²) in [6.07, 6.45) is 6.72. The van der Waals surface area contributed by atoms with Crippen molar-refractivity contribution in [2.75, 3.05) is 0 Å². The van der Waals surface area contributed by atoms with Gasteiger partial charge in [0.2, 0.25) is 0 Å². The molecule has 1 heterocycles. The minimum absolute atomic E-state index is 0. The molecule has 0 amide bonds. The summed E-state index contributed by atoms with van der Waals surface area (Å²) < 4.78 is 0. The topological polar surface area (TPSA) is 86.9 Å². The third kappa shape index (κ3) is 9.73. The number of benzene rings is 2. The summed E-state index contributed by atoms with van der Waals surface area (Å²) in [5, 5.41) is 18.9. The van der Waals surface area contributed by atoms with Gasteiger partial charge in [0.1, 0.15) is 0 Å². The van der Waals surface area contributed by atoms with Crippen LogP contribution in [-0.2, 0) is 24.9 Å². The van der Waals surface area contributed by atoms with E-state index >= 15 is 0 Å². The summed E-state index contributed by atoms with van der Waals surface area (Å²) in [7, 11) is 0. The van der Waals surface area contributed by atoms with Crippen LogP contribution >= 0.6 is 0 Å². The molecular weight excluding hydrogens is 687 g/mol. The minimum atomic E-state index is 0. The maximum Gasteiger partial charge on any atom is 0.162 e. The minimum Gasteiger partial charge on any atom is -0.512 e. The largest absolute Gasteiger partial charge is 0.512 e. The van der Waals surface area contributed by atoms with Gasteiger partial charge in [-0.05, 0) is 69.7 Å². The predicted molar refractivity (Wildman–Crippen MR) is 164 cm³/mol. The molecule has 0 unspecified atom stereocenters. The molecule has 6 heteroatoms. The monoisotopic (exact) mass is 731 g/mol. The molecule has 0 bridgehead atoms. The van der Waals surface area contributed by atoms with Gasteiger partial charge in [-0.25, -0.2) is 0 Å². The van der Waals surface area contributed by atoms with Crippen molar-refractivity contribution in [3.05, 3.63) is 81.9 Å². The number of ketones is 1. The van der Waals surface area contributed by atoms with Gasteiger partial charge in [-0.3, -0.25) is 9.78 Å². The molecular formula is C35H44IrN3O2-. The first-order valence-corrected chi connectivity index (χ1v) is 14.3. The molecule has 0 aliphatic heterocycles. The quantitative estimate of drug-likeness (QED) is 0.135. The number of rotatable bonds is 9. The van der Waals surface area contributed by atoms with Crippen molar-refractivity contribution >= 4 is 5.78 Å². The van der Waals surface area contributed by atoms with Crippen LogP contribution in [0.5, 0.6) is 0 Å². The second-order valence-electron chi connectivity index (χ2n) is 10.5. The summed E-state index contributed by atoms with van der Waals surface area (Å²) in [6, 6.07) is 13.5. The van der Waals surface area contributed by atoms with Gasteiger partial charge in [0.05, 0.1) is 23.1 Å². The molecule has 41 heavy (non-hydrogen) atoms. The maximum absolute atomic E-state index is 11.7. The van der Waals surface area contributed by atoms with E-state index in [1.807, 2.05) is 73.7 Å². The zero-order chi connectivity index (χ0) is 30.0. The average Bonchev–Trinajstić information content (AvgIpc) is 2.89. The van der Waals surface area contributed by atoms with E-state index in [4.69, 9.17) is 10.2 Å². The Morgan fingerprint density at radius 2 is 1.51 bits per heavy atom. The van der Waals surface area contributed by atoms with Crippen molar-refractivity contribution in [1.29, 1.82) is 5.26 Å². The van der Waals surface area contributed by atoms with Crippen LogP contribution in [-0.4, -0.2) is 20.9 Å². The third-order valence-electron chi connectivity index (χ3n) is 7.35. The third-order valence-corrected chi connectivity index (χ3v) is 7.35. The summed E-state index contributed by atoms with van der Waals surface area (Å²) in [5.74, 6) is 0.547. The van der Waals surface area contributed by atoms with Gasteiger partial charge in [0.15, 0.2) is 5.78 Å². The number of allylic oxidation sites excluding steroid dienone is 2. The van der Waals surface area contributed by atoms with Gasteiger partial charge in [0.25, 0.3) is 0 Å². The Hall–Kier alpha value is -3.13. The van der Waals surface area contributed by atoms with Crippen molar-refractivity contribution in [1.82, 2.24) is 9.97 Å². The second-order valence-corrected chi connectivity index (χ2v) is 10.5. The molecule has 0 saturated heterocycles. The molecule has 3 rings (SSSR count). The van der Waals surface area contributed by atoms with Gasteiger partial charge in [-0.2, -0.15) is 5.26 Å². The van der Waals surface area contributed by atoms with Crippen LogP contribution in [0.2, 0.25) is 0 Å². The van der Waals surface area contributed by atoms with Gasteiger partial charge in [-0.15, -0.1) is 34.9 Å². The second kappa shape index (κ2) is 17.0. The molecule has 0 spiro atoms. The number of carbonyl (C=O) groups is 1. The number of aryl methyl sites for hydroxylation is 5. The van der Waals surface area contributed by atoms with Crippen molar-refractivity contribution in [3.63, 3.8) is 0 Å². The zero-order valence-electron chi connectivity index (χ0n) is 26.0. The normalized spacial score (nSPS) is 11.0. The van der Waals surface area contributed by atoms with Crippen LogP contribution in [0.1, 0.15) is 86.9 Å². The molecule has 1 N–H and O–H groups in total. The van der Waals surface area contributed by atoms with Gasteiger partial charge in [-0.1, -0.05) is 41.5 Å². The van der Waals surface area contributed by atoms with Crippen molar-refractivity contribution in [2.24, 2.45) is 11.8 Å². The number of aliphatic hydroxyl groups excluding tert-OH is 1. The molecule has 0 aliphatic rings. The van der Waals surface area contributed by atoms with Crippen LogP contribution in [0.25, 0.3) is 22.5 Å². The Labute approximate surface area is 260 Å². The van der Waals surface area contributed by atoms with Crippen molar-refractivity contribution in [3.8, 4) is 28.6 Å². The maximum atomic E-state index is 11.7. The Kier molecular flexibility index (Phi) is 14.9. The Morgan fingerprint density at radius 3 is 1.98 bits per heavy atom. The first-order chi connectivity index (χ1) is 19.0. The molecule has 2 aromatic carbocycles. The van der Waals surface area contributed by atoms with Crippen LogP contribution < -0.4 is 0 Å². The van der Waals surface area contributed by atoms with E-state index in [1.165, 1.54) is 11.6 Å². The van der Waals surface area contributed by atoms with E-state index in [-0.39, 0.29) is 43.5 Å². The molecule has 0 atom stereocenters. The van der Waals surface area contributed by atoms with E-state index in [0.29, 0.717) is 5.56 Å². The fraction of sp³-hybridized carbons (Fsp3) is 0.429. The van der Waals surface area contributed by atoms with E-state index in [0.717, 1.165) is 70.6 Å². The van der Waals surface area contributed by atoms with Gasteiger partial charge < -0.3 is 10.1 Å². The molecule has 0 fully saturated rings. The van der Waals surface area contributed by atoms with Crippen LogP contribution in [0, 0.1) is 63.9 Å². The number of nitriles is 1. The smallest absolute Gasteiger partial charge is 0.162 e. The first-order valence-electron chi connectivity index (χ1n) is 14.3. The zero-order valence-corrected chi connectivity index (χ0v) is 28.4. The van der Waals surface area contributed by atoms with Crippen LogP contribution in [0.3, 0.4) is 0 Å². The molecule has 1 aromatic heterocycles. The van der Waals surface area contributed by atoms with E-state index in [1.54, 1.807) is 0 Å². The van der Waals surface area contributed by atoms with E-state index < -0.39 is 0 Å². The number of hydrogen-bond acceptors (Lipinski definition) is 5. The molecule has 221 valence electrons. The summed E-state index contributed by atoms with van der Waals surface area (Å²) in [4.78, 5) is 21.2. The van der Waals surface area contributed by atoms with E-state index in [9.17, 15) is 9.90 Å². The fourth-order valence-electron chi connectivity index (χ4n) is 5.10. The number of aliphatic hydroxyl groups is 1. The molecule has 0 aliphatic carbocycles. The van der Waals surface area contributed by atoms with Crippen LogP contribution in [0.15, 0.2) is 42.3 Å². The number of carbonyl (C=O) groups excluding carboxylic acids is 1. The number of hydrogen-bond donors (Lipinski definition) is 1. The van der Waals surface area contributed by atoms with Crippen LogP contribution in [0.4, 0.5) is 0 Å². The number of aromatic nitrogens is 2. The molecule has 0 saturated carbocycles. The Balaban J connectivity index is 0.000000456. The van der Waals surface area contributed by atoms with Gasteiger partial charge in [0, 0.05) is 61.2 Å². The molecule has 5 nitrogen and oxygen atoms in total. The van der Waals surface area contributed by atoms with E-state index in [2.05, 4.69) is 36.2 Å². The number of nitrogens with zero attached hydrogens (tertiary/aromatic N) is 3. The SMILES string of the molecule is CCC(CC)C(=O)/C=C(\O)C(CC)CC.Cc1[c-]c(-c2ncc(-c3c(C)cc(C#N)cc3C)nc2C)cc(C)c1.[Ir]. The van der Waals surface area contributed by atoms with Gasteiger partial charge >= 0.3 is 0 Å². The average molecular weight is 731 g/mol.